The van der Waals surface area contributed by atoms with Crippen LogP contribution in [0.15, 0.2) is 0 Å². The van der Waals surface area contributed by atoms with Crippen LogP contribution in [0.5, 0.6) is 0 Å². The molecule has 0 spiro atoms. The maximum absolute atomic E-state index is 12.5. The van der Waals surface area contributed by atoms with E-state index in [4.69, 9.17) is 0 Å². The fraction of sp³-hybridized carbons (Fsp3) is 0.857. The van der Waals surface area contributed by atoms with Crippen LogP contribution in [0.25, 0.3) is 0 Å². The molecule has 12 heteroatoms. The highest BCUT2D eigenvalue weighted by Gasteiger charge is 2.84. The first-order chi connectivity index (χ1) is 8.20. The first-order valence-corrected chi connectivity index (χ1v) is 4.26. The average Bonchev–Trinajstić information content (AvgIpc) is 2.14. The fourth-order valence-corrected chi connectivity index (χ4v) is 0.677. The van der Waals surface area contributed by atoms with Gasteiger partial charge in [0.25, 0.3) is 0 Å². The van der Waals surface area contributed by atoms with Crippen LogP contribution in [-0.2, 0) is 9.47 Å². The van der Waals surface area contributed by atoms with Gasteiger partial charge in [0.2, 0.25) is 0 Å². The molecule has 0 bridgehead atoms. The lowest BCUT2D eigenvalue weighted by Gasteiger charge is -2.32. The van der Waals surface area contributed by atoms with Crippen molar-refractivity contribution < 1.29 is 53.8 Å². The normalized spacial score (nSPS) is 14.2. The topological polar surface area (TPSA) is 35.5 Å². The summed E-state index contributed by atoms with van der Waals surface area (Å²) < 4.78 is 116. The van der Waals surface area contributed by atoms with Crippen LogP contribution in [0.3, 0.4) is 0 Å². The molecule has 0 N–H and O–H groups in total. The number of hydrogen-bond acceptors (Lipinski definition) is 3. The number of halogens is 9. The van der Waals surface area contributed by atoms with Crippen molar-refractivity contribution >= 4 is 6.16 Å². The van der Waals surface area contributed by atoms with Crippen molar-refractivity contribution in [2.24, 2.45) is 0 Å². The summed E-state index contributed by atoms with van der Waals surface area (Å²) in [4.78, 5) is 10.3. The SMILES string of the molecule is CCOC(=O)OC(F)(F)C(F)(F)C(F)(F)C(F)(F)F. The molecule has 0 aliphatic rings. The molecule has 0 aliphatic heterocycles. The Morgan fingerprint density at radius 2 is 1.32 bits per heavy atom. The average molecular weight is 308 g/mol. The van der Waals surface area contributed by atoms with Gasteiger partial charge in [0, 0.05) is 0 Å². The molecule has 0 aromatic heterocycles. The number of carbonyl (C=O) groups excluding carboxylic acids is 1. The third kappa shape index (κ3) is 3.15. The largest absolute Gasteiger partial charge is 0.513 e. The minimum absolute atomic E-state index is 0.657. The van der Waals surface area contributed by atoms with Gasteiger partial charge < -0.3 is 9.47 Å². The molecule has 19 heavy (non-hydrogen) atoms. The number of ether oxygens (including phenoxy) is 2. The summed E-state index contributed by atoms with van der Waals surface area (Å²) in [6.45, 7) is 0.359. The summed E-state index contributed by atoms with van der Waals surface area (Å²) in [6.07, 6.45) is -15.9. The Labute approximate surface area is 98.8 Å². The maximum Gasteiger partial charge on any atom is 0.513 e. The van der Waals surface area contributed by atoms with E-state index in [0.29, 0.717) is 0 Å². The Bertz CT molecular complexity index is 335. The molecule has 114 valence electrons. The molecule has 3 nitrogen and oxygen atoms in total. The van der Waals surface area contributed by atoms with Crippen molar-refractivity contribution in [3.05, 3.63) is 0 Å². The van der Waals surface area contributed by atoms with Gasteiger partial charge in [0.05, 0.1) is 6.61 Å². The molecule has 0 saturated heterocycles. The lowest BCUT2D eigenvalue weighted by atomic mass is 10.1. The number of carbonyl (C=O) groups is 1. The minimum Gasteiger partial charge on any atom is -0.434 e. The second kappa shape index (κ2) is 4.96. The molecule has 0 aromatic rings. The van der Waals surface area contributed by atoms with Gasteiger partial charge in [-0.3, -0.25) is 0 Å². The van der Waals surface area contributed by atoms with E-state index in [9.17, 15) is 44.3 Å². The van der Waals surface area contributed by atoms with Crippen LogP contribution in [0.1, 0.15) is 6.92 Å². The quantitative estimate of drug-likeness (QED) is 0.588. The van der Waals surface area contributed by atoms with Gasteiger partial charge in [0.1, 0.15) is 0 Å². The first kappa shape index (κ1) is 17.6. The molecule has 0 aliphatic carbocycles. The van der Waals surface area contributed by atoms with Gasteiger partial charge in [-0.15, -0.1) is 0 Å². The van der Waals surface area contributed by atoms with Crippen LogP contribution in [0.4, 0.5) is 44.3 Å². The molecule has 0 radical (unpaired) electrons. The van der Waals surface area contributed by atoms with Crippen LogP contribution >= 0.6 is 0 Å². The molecule has 0 fully saturated rings. The smallest absolute Gasteiger partial charge is 0.434 e. The second-order valence-electron chi connectivity index (χ2n) is 2.95. The van der Waals surface area contributed by atoms with Gasteiger partial charge in [-0.25, -0.2) is 4.79 Å². The van der Waals surface area contributed by atoms with Crippen molar-refractivity contribution in [2.75, 3.05) is 6.61 Å². The lowest BCUT2D eigenvalue weighted by molar-refractivity contribution is -0.434. The molecule has 0 saturated carbocycles. The van der Waals surface area contributed by atoms with Crippen LogP contribution < -0.4 is 0 Å². The Kier molecular flexibility index (Phi) is 4.61. The van der Waals surface area contributed by atoms with Gasteiger partial charge in [0.15, 0.2) is 0 Å². The molecule has 0 heterocycles. The Hall–Kier alpha value is -1.36. The van der Waals surface area contributed by atoms with E-state index < -0.39 is 36.9 Å². The van der Waals surface area contributed by atoms with Gasteiger partial charge in [-0.1, -0.05) is 0 Å². The molecule has 0 rings (SSSR count). The van der Waals surface area contributed by atoms with Crippen molar-refractivity contribution in [3.8, 4) is 0 Å². The molecule has 0 amide bonds. The van der Waals surface area contributed by atoms with Crippen LogP contribution in [0, 0.1) is 0 Å². The predicted octanol–water partition coefficient (Wildman–Crippen LogP) is 3.59. The summed E-state index contributed by atoms with van der Waals surface area (Å²) >= 11 is 0. The molecule has 0 atom stereocenters. The highest BCUT2D eigenvalue weighted by molar-refractivity contribution is 5.60. The zero-order valence-corrected chi connectivity index (χ0v) is 8.83. The van der Waals surface area contributed by atoms with Gasteiger partial charge >= 0.3 is 30.3 Å². The highest BCUT2D eigenvalue weighted by atomic mass is 19.4. The van der Waals surface area contributed by atoms with E-state index in [1.165, 1.54) is 0 Å². The minimum atomic E-state index is -7.12. The zero-order valence-electron chi connectivity index (χ0n) is 8.83. The fourth-order valence-electron chi connectivity index (χ4n) is 0.677. The summed E-state index contributed by atoms with van der Waals surface area (Å²) in [5, 5.41) is 0. The molecular weight excluding hydrogens is 303 g/mol. The second-order valence-corrected chi connectivity index (χ2v) is 2.95. The molecular formula is C7H5F9O3. The Balaban J connectivity index is 5.33. The predicted molar refractivity (Wildman–Crippen MR) is 39.0 cm³/mol. The van der Waals surface area contributed by atoms with E-state index in [0.717, 1.165) is 6.92 Å². The first-order valence-electron chi connectivity index (χ1n) is 4.26. The van der Waals surface area contributed by atoms with E-state index in [2.05, 4.69) is 9.47 Å². The summed E-state index contributed by atoms with van der Waals surface area (Å²) in [7, 11) is 0. The van der Waals surface area contributed by atoms with E-state index >= 15 is 0 Å². The lowest BCUT2D eigenvalue weighted by Crippen LogP contribution is -2.62. The van der Waals surface area contributed by atoms with Crippen molar-refractivity contribution in [3.63, 3.8) is 0 Å². The summed E-state index contributed by atoms with van der Waals surface area (Å²) in [5.74, 6) is -14.1. The van der Waals surface area contributed by atoms with Crippen molar-refractivity contribution in [2.45, 2.75) is 31.1 Å². The monoisotopic (exact) mass is 308 g/mol. The summed E-state index contributed by atoms with van der Waals surface area (Å²) in [5.41, 5.74) is 0. The van der Waals surface area contributed by atoms with Crippen LogP contribution in [-0.4, -0.2) is 36.9 Å². The van der Waals surface area contributed by atoms with Gasteiger partial charge in [-0.05, 0) is 6.92 Å². The van der Waals surface area contributed by atoms with Crippen molar-refractivity contribution in [1.82, 2.24) is 0 Å². The third-order valence-electron chi connectivity index (χ3n) is 1.59. The highest BCUT2D eigenvalue weighted by Crippen LogP contribution is 2.53. The Morgan fingerprint density at radius 1 is 0.895 bits per heavy atom. The third-order valence-corrected chi connectivity index (χ3v) is 1.59. The standard InChI is InChI=1S/C7H5F9O3/c1-2-18-3(17)19-7(15,16)5(10,11)4(8,9)6(12,13)14/h2H2,1H3. The molecule has 0 aromatic carbocycles. The zero-order chi connectivity index (χ0) is 15.7. The van der Waals surface area contributed by atoms with Gasteiger partial charge in [-0.2, -0.15) is 39.5 Å². The number of hydrogen-bond donors (Lipinski definition) is 0. The summed E-state index contributed by atoms with van der Waals surface area (Å²) in [6, 6.07) is 0. The Morgan fingerprint density at radius 3 is 1.63 bits per heavy atom. The van der Waals surface area contributed by atoms with Crippen LogP contribution in [0.2, 0.25) is 0 Å². The molecule has 0 unspecified atom stereocenters. The van der Waals surface area contributed by atoms with E-state index in [-0.39, 0.29) is 0 Å². The van der Waals surface area contributed by atoms with E-state index in [1.54, 1.807) is 0 Å². The van der Waals surface area contributed by atoms with Crippen molar-refractivity contribution in [1.29, 1.82) is 0 Å². The number of alkyl halides is 9. The van der Waals surface area contributed by atoms with E-state index in [1.807, 2.05) is 0 Å². The number of rotatable bonds is 4. The maximum atomic E-state index is 12.5.